The van der Waals surface area contributed by atoms with Gasteiger partial charge in [0.15, 0.2) is 6.61 Å². The van der Waals surface area contributed by atoms with E-state index in [9.17, 15) is 19.6 Å². The molecule has 1 saturated carbocycles. The topological polar surface area (TPSA) is 112 Å². The van der Waals surface area contributed by atoms with Gasteiger partial charge in [-0.1, -0.05) is 6.07 Å². The van der Waals surface area contributed by atoms with E-state index in [1.165, 1.54) is 11.8 Å². The summed E-state index contributed by atoms with van der Waals surface area (Å²) in [6, 6.07) is 10.6. The van der Waals surface area contributed by atoms with Gasteiger partial charge in [0.25, 0.3) is 5.91 Å². The fourth-order valence-electron chi connectivity index (χ4n) is 3.62. The van der Waals surface area contributed by atoms with Crippen LogP contribution in [0.2, 0.25) is 0 Å². The summed E-state index contributed by atoms with van der Waals surface area (Å²) < 4.78 is 5.20. The Bertz CT molecular complexity index is 1120. The number of benzene rings is 1. The van der Waals surface area contributed by atoms with E-state index in [-0.39, 0.29) is 17.0 Å². The number of esters is 1. The molecule has 2 aliphatic rings. The van der Waals surface area contributed by atoms with Gasteiger partial charge in [-0.05, 0) is 49.8 Å². The number of nitrogens with one attached hydrogen (secondary N) is 1. The molecule has 8 nitrogen and oxygen atoms in total. The largest absolute Gasteiger partial charge is 0.452 e. The van der Waals surface area contributed by atoms with E-state index < -0.39 is 18.5 Å². The zero-order chi connectivity index (χ0) is 22.7. The second-order valence-corrected chi connectivity index (χ2v) is 8.48. The lowest BCUT2D eigenvalue weighted by molar-refractivity contribution is -0.119. The van der Waals surface area contributed by atoms with Gasteiger partial charge >= 0.3 is 5.97 Å². The molecule has 0 unspecified atom stereocenters. The number of carbonyl (C=O) groups excluding carboxylic acids is 3. The van der Waals surface area contributed by atoms with Crippen LogP contribution in [0.25, 0.3) is 0 Å². The van der Waals surface area contributed by atoms with Gasteiger partial charge in [-0.2, -0.15) is 5.26 Å². The SMILES string of the molecule is CSc1nc(C2CC2)cc(C(=O)OCC(=O)Nc2cccc(N3CCCC3=O)c2)c1C#N. The minimum Gasteiger partial charge on any atom is -0.452 e. The summed E-state index contributed by atoms with van der Waals surface area (Å²) in [5, 5.41) is 12.7. The number of rotatable bonds is 7. The van der Waals surface area contributed by atoms with E-state index >= 15 is 0 Å². The number of hydrogen-bond acceptors (Lipinski definition) is 7. The quantitative estimate of drug-likeness (QED) is 0.508. The monoisotopic (exact) mass is 450 g/mol. The molecule has 0 spiro atoms. The molecule has 2 aromatic rings. The van der Waals surface area contributed by atoms with Crippen molar-refractivity contribution in [1.82, 2.24) is 4.98 Å². The summed E-state index contributed by atoms with van der Waals surface area (Å²) in [5.74, 6) is -0.877. The van der Waals surface area contributed by atoms with E-state index in [0.29, 0.717) is 29.6 Å². The van der Waals surface area contributed by atoms with Gasteiger partial charge in [0.2, 0.25) is 5.91 Å². The molecule has 1 saturated heterocycles. The molecule has 0 radical (unpaired) electrons. The third kappa shape index (κ3) is 4.75. The number of nitrogens with zero attached hydrogens (tertiary/aromatic N) is 3. The van der Waals surface area contributed by atoms with Gasteiger partial charge < -0.3 is 15.0 Å². The van der Waals surface area contributed by atoms with Crippen LogP contribution >= 0.6 is 11.8 Å². The molecule has 0 bridgehead atoms. The van der Waals surface area contributed by atoms with Crippen molar-refractivity contribution in [3.63, 3.8) is 0 Å². The lowest BCUT2D eigenvalue weighted by atomic mass is 10.1. The minimum absolute atomic E-state index is 0.0585. The molecular formula is C23H22N4O4S. The zero-order valence-electron chi connectivity index (χ0n) is 17.6. The molecule has 1 aliphatic carbocycles. The van der Waals surface area contributed by atoms with E-state index in [0.717, 1.165) is 30.6 Å². The van der Waals surface area contributed by atoms with Crippen LogP contribution in [-0.2, 0) is 14.3 Å². The Balaban J connectivity index is 1.42. The third-order valence-electron chi connectivity index (χ3n) is 5.38. The Morgan fingerprint density at radius 3 is 2.81 bits per heavy atom. The third-order valence-corrected chi connectivity index (χ3v) is 6.06. The molecule has 1 aromatic carbocycles. The first-order valence-corrected chi connectivity index (χ1v) is 11.6. The lowest BCUT2D eigenvalue weighted by Gasteiger charge is -2.16. The van der Waals surface area contributed by atoms with Gasteiger partial charge in [0.1, 0.15) is 11.1 Å². The lowest BCUT2D eigenvalue weighted by Crippen LogP contribution is -2.24. The predicted octanol–water partition coefficient (Wildman–Crippen LogP) is 3.47. The Morgan fingerprint density at radius 2 is 2.16 bits per heavy atom. The maximum absolute atomic E-state index is 12.7. The summed E-state index contributed by atoms with van der Waals surface area (Å²) >= 11 is 1.30. The smallest absolute Gasteiger partial charge is 0.340 e. The number of ether oxygens (including phenoxy) is 1. The molecule has 2 heterocycles. The molecule has 4 rings (SSSR count). The Morgan fingerprint density at radius 1 is 1.34 bits per heavy atom. The van der Waals surface area contributed by atoms with Crippen LogP contribution < -0.4 is 10.2 Å². The Labute approximate surface area is 189 Å². The van der Waals surface area contributed by atoms with Crippen LogP contribution in [0.3, 0.4) is 0 Å². The number of pyridine rings is 1. The van der Waals surface area contributed by atoms with E-state index in [1.54, 1.807) is 35.4 Å². The summed E-state index contributed by atoms with van der Waals surface area (Å²) in [6.07, 6.45) is 5.14. The summed E-state index contributed by atoms with van der Waals surface area (Å²) in [7, 11) is 0. The van der Waals surface area contributed by atoms with E-state index in [2.05, 4.69) is 10.3 Å². The van der Waals surface area contributed by atoms with Gasteiger partial charge in [-0.15, -0.1) is 11.8 Å². The van der Waals surface area contributed by atoms with Gasteiger partial charge in [0.05, 0.1) is 11.1 Å². The standard InChI is InChI=1S/C23H22N4O4S/c1-32-22-18(12-24)17(11-19(26-22)14-7-8-14)23(30)31-13-20(28)25-15-4-2-5-16(10-15)27-9-3-6-21(27)29/h2,4-5,10-11,14H,3,6-9,13H2,1H3,(H,25,28). The van der Waals surface area contributed by atoms with Crippen molar-refractivity contribution in [3.8, 4) is 6.07 Å². The van der Waals surface area contributed by atoms with Crippen molar-refractivity contribution < 1.29 is 19.1 Å². The zero-order valence-corrected chi connectivity index (χ0v) is 18.4. The van der Waals surface area contributed by atoms with Crippen molar-refractivity contribution in [3.05, 3.63) is 47.2 Å². The highest BCUT2D eigenvalue weighted by molar-refractivity contribution is 7.98. The summed E-state index contributed by atoms with van der Waals surface area (Å²) in [4.78, 5) is 43.1. The minimum atomic E-state index is -0.729. The first-order chi connectivity index (χ1) is 15.5. The van der Waals surface area contributed by atoms with Gasteiger partial charge in [0, 0.05) is 36.0 Å². The van der Waals surface area contributed by atoms with Crippen LogP contribution in [0.1, 0.15) is 53.2 Å². The second kappa shape index (κ2) is 9.40. The van der Waals surface area contributed by atoms with Crippen molar-refractivity contribution in [1.29, 1.82) is 5.26 Å². The highest BCUT2D eigenvalue weighted by Gasteiger charge is 2.29. The maximum Gasteiger partial charge on any atom is 0.340 e. The van der Waals surface area contributed by atoms with Gasteiger partial charge in [-0.3, -0.25) is 9.59 Å². The van der Waals surface area contributed by atoms with Crippen LogP contribution in [0.5, 0.6) is 0 Å². The van der Waals surface area contributed by atoms with Crippen LogP contribution in [0.4, 0.5) is 11.4 Å². The number of aromatic nitrogens is 1. The average molecular weight is 451 g/mol. The van der Waals surface area contributed by atoms with E-state index in [4.69, 9.17) is 4.74 Å². The molecule has 2 amide bonds. The number of thioether (sulfide) groups is 1. The van der Waals surface area contributed by atoms with Gasteiger partial charge in [-0.25, -0.2) is 9.78 Å². The number of carbonyl (C=O) groups is 3. The average Bonchev–Trinajstić information content (AvgIpc) is 3.57. The maximum atomic E-state index is 12.7. The highest BCUT2D eigenvalue weighted by Crippen LogP contribution is 2.40. The fraction of sp³-hybridized carbons (Fsp3) is 0.348. The molecule has 1 aromatic heterocycles. The first kappa shape index (κ1) is 21.8. The van der Waals surface area contributed by atoms with Crippen molar-refractivity contribution in [2.75, 3.05) is 29.6 Å². The molecular weight excluding hydrogens is 428 g/mol. The van der Waals surface area contributed by atoms with Crippen LogP contribution in [-0.4, -0.2) is 42.2 Å². The Hall–Kier alpha value is -3.38. The fourth-order valence-corrected chi connectivity index (χ4v) is 4.18. The molecule has 9 heteroatoms. The molecule has 1 aliphatic heterocycles. The van der Waals surface area contributed by atoms with Crippen molar-refractivity contribution in [2.24, 2.45) is 0 Å². The second-order valence-electron chi connectivity index (χ2n) is 7.69. The number of nitriles is 1. The summed E-state index contributed by atoms with van der Waals surface area (Å²) in [6.45, 7) is 0.161. The van der Waals surface area contributed by atoms with E-state index in [1.807, 2.05) is 12.1 Å². The number of amides is 2. The van der Waals surface area contributed by atoms with Crippen molar-refractivity contribution >= 4 is 40.9 Å². The van der Waals surface area contributed by atoms with Crippen LogP contribution in [0.15, 0.2) is 35.4 Å². The van der Waals surface area contributed by atoms with Crippen LogP contribution in [0, 0.1) is 11.3 Å². The molecule has 2 fully saturated rings. The van der Waals surface area contributed by atoms with Crippen molar-refractivity contribution in [2.45, 2.75) is 36.6 Å². The Kier molecular flexibility index (Phi) is 6.42. The molecule has 32 heavy (non-hydrogen) atoms. The number of anilines is 2. The normalized spacial score (nSPS) is 15.4. The molecule has 1 N–H and O–H groups in total. The molecule has 164 valence electrons. The number of hydrogen-bond donors (Lipinski definition) is 1. The first-order valence-electron chi connectivity index (χ1n) is 10.4. The highest BCUT2D eigenvalue weighted by atomic mass is 32.2. The predicted molar refractivity (Wildman–Crippen MR) is 120 cm³/mol. The molecule has 0 atom stereocenters. The summed E-state index contributed by atoms with van der Waals surface area (Å²) in [5.41, 5.74) is 2.30.